The minimum Gasteiger partial charge on any atom is -0.465 e. The zero-order valence-corrected chi connectivity index (χ0v) is 17.7. The number of esters is 1. The van der Waals surface area contributed by atoms with Gasteiger partial charge in [0.25, 0.3) is 0 Å². The predicted molar refractivity (Wildman–Crippen MR) is 117 cm³/mol. The largest absolute Gasteiger partial charge is 0.465 e. The number of benzene rings is 2. The lowest BCUT2D eigenvalue weighted by molar-refractivity contribution is -0.151. The van der Waals surface area contributed by atoms with Gasteiger partial charge in [-0.3, -0.25) is 9.59 Å². The fraction of sp³-hybridized carbons (Fsp3) is 0.360. The number of carbonyl (C=O) groups excluding carboxylic acids is 2. The highest BCUT2D eigenvalue weighted by Gasteiger charge is 2.39. The van der Waals surface area contributed by atoms with Crippen LogP contribution in [0.25, 0.3) is 5.57 Å². The quantitative estimate of drug-likeness (QED) is 0.477. The molecule has 158 valence electrons. The van der Waals surface area contributed by atoms with E-state index in [1.807, 2.05) is 24.3 Å². The molecule has 0 spiro atoms. The summed E-state index contributed by atoms with van der Waals surface area (Å²) in [4.78, 5) is 27.8. The number of hydrogen-bond donors (Lipinski definition) is 0. The van der Waals surface area contributed by atoms with E-state index in [0.717, 1.165) is 35.5 Å². The van der Waals surface area contributed by atoms with Gasteiger partial charge in [-0.25, -0.2) is 4.39 Å². The standard InChI is InChI=1S/C25H28FNO3/c1-4-27(5-2)21-13-9-18(10-14-21)22-15-19(17-7-11-20(26)12-8-17)16-23(28)24(22)25(29)30-6-3/h7-14,16,22,24H,4-6,15H2,1-3H3. The van der Waals surface area contributed by atoms with Gasteiger partial charge < -0.3 is 9.64 Å². The summed E-state index contributed by atoms with van der Waals surface area (Å²) in [6.07, 6.45) is 2.01. The van der Waals surface area contributed by atoms with Crippen molar-refractivity contribution in [2.75, 3.05) is 24.6 Å². The Bertz CT molecular complexity index is 914. The third kappa shape index (κ3) is 4.61. The maximum absolute atomic E-state index is 13.3. The Morgan fingerprint density at radius 3 is 2.23 bits per heavy atom. The lowest BCUT2D eigenvalue weighted by atomic mass is 9.73. The summed E-state index contributed by atoms with van der Waals surface area (Å²) in [5, 5.41) is 0. The monoisotopic (exact) mass is 409 g/mol. The van der Waals surface area contributed by atoms with Crippen LogP contribution in [-0.2, 0) is 14.3 Å². The number of carbonyl (C=O) groups is 2. The molecule has 2 aromatic carbocycles. The molecule has 0 aliphatic heterocycles. The first-order chi connectivity index (χ1) is 14.5. The fourth-order valence-electron chi connectivity index (χ4n) is 4.08. The number of ether oxygens (including phenoxy) is 1. The molecule has 0 amide bonds. The number of ketones is 1. The summed E-state index contributed by atoms with van der Waals surface area (Å²) in [6.45, 7) is 7.98. The molecule has 2 atom stereocenters. The van der Waals surface area contributed by atoms with Gasteiger partial charge in [0, 0.05) is 24.7 Å². The Kier molecular flexibility index (Phi) is 7.03. The molecular weight excluding hydrogens is 381 g/mol. The number of allylic oxidation sites excluding steroid dienone is 2. The molecule has 1 aliphatic carbocycles. The smallest absolute Gasteiger partial charge is 0.317 e. The minimum absolute atomic E-state index is 0.227. The van der Waals surface area contributed by atoms with Gasteiger partial charge in [0.2, 0.25) is 0 Å². The molecule has 0 fully saturated rings. The maximum atomic E-state index is 13.3. The van der Waals surface area contributed by atoms with Gasteiger partial charge in [0.1, 0.15) is 11.7 Å². The molecule has 5 heteroatoms. The van der Waals surface area contributed by atoms with Crippen molar-refractivity contribution in [1.29, 1.82) is 0 Å². The molecular formula is C25H28FNO3. The van der Waals surface area contributed by atoms with Gasteiger partial charge in [0.15, 0.2) is 5.78 Å². The first kappa shape index (κ1) is 21.8. The first-order valence-corrected chi connectivity index (χ1v) is 10.5. The van der Waals surface area contributed by atoms with E-state index in [2.05, 4.69) is 18.7 Å². The van der Waals surface area contributed by atoms with Gasteiger partial charge in [-0.1, -0.05) is 24.3 Å². The fourth-order valence-corrected chi connectivity index (χ4v) is 4.08. The van der Waals surface area contributed by atoms with Crippen LogP contribution < -0.4 is 4.90 Å². The summed E-state index contributed by atoms with van der Waals surface area (Å²) in [7, 11) is 0. The van der Waals surface area contributed by atoms with Crippen molar-refractivity contribution in [2.45, 2.75) is 33.1 Å². The van der Waals surface area contributed by atoms with Crippen LogP contribution in [-0.4, -0.2) is 31.4 Å². The van der Waals surface area contributed by atoms with Crippen molar-refractivity contribution in [3.05, 3.63) is 71.6 Å². The summed E-state index contributed by atoms with van der Waals surface area (Å²) in [6, 6.07) is 14.1. The second-order valence-corrected chi connectivity index (χ2v) is 7.38. The highest BCUT2D eigenvalue weighted by atomic mass is 19.1. The summed E-state index contributed by atoms with van der Waals surface area (Å²) < 4.78 is 18.5. The molecule has 30 heavy (non-hydrogen) atoms. The van der Waals surface area contributed by atoms with Crippen molar-refractivity contribution in [2.24, 2.45) is 5.92 Å². The summed E-state index contributed by atoms with van der Waals surface area (Å²) in [5.41, 5.74) is 3.62. The Morgan fingerprint density at radius 1 is 1.03 bits per heavy atom. The van der Waals surface area contributed by atoms with Crippen LogP contribution in [0, 0.1) is 11.7 Å². The molecule has 0 bridgehead atoms. The SMILES string of the molecule is CCOC(=O)C1C(=O)C=C(c2ccc(F)cc2)CC1c1ccc(N(CC)CC)cc1. The van der Waals surface area contributed by atoms with Crippen LogP contribution in [0.15, 0.2) is 54.6 Å². The lowest BCUT2D eigenvalue weighted by Crippen LogP contribution is -2.34. The second-order valence-electron chi connectivity index (χ2n) is 7.38. The molecule has 0 saturated heterocycles. The molecule has 4 nitrogen and oxygen atoms in total. The highest BCUT2D eigenvalue weighted by molar-refractivity contribution is 6.10. The predicted octanol–water partition coefficient (Wildman–Crippen LogP) is 4.99. The van der Waals surface area contributed by atoms with Crippen LogP contribution >= 0.6 is 0 Å². The number of rotatable bonds is 7. The van der Waals surface area contributed by atoms with Gasteiger partial charge in [-0.05, 0) is 74.2 Å². The van der Waals surface area contributed by atoms with Gasteiger partial charge in [0.05, 0.1) is 6.61 Å². The van der Waals surface area contributed by atoms with Gasteiger partial charge in [-0.2, -0.15) is 0 Å². The van der Waals surface area contributed by atoms with Crippen molar-refractivity contribution in [1.82, 2.24) is 0 Å². The van der Waals surface area contributed by atoms with Crippen molar-refractivity contribution in [3.8, 4) is 0 Å². The zero-order valence-electron chi connectivity index (χ0n) is 17.7. The zero-order chi connectivity index (χ0) is 21.7. The third-order valence-electron chi connectivity index (χ3n) is 5.67. The number of hydrogen-bond acceptors (Lipinski definition) is 4. The number of halogens is 1. The molecule has 0 saturated carbocycles. The Labute approximate surface area is 177 Å². The van der Waals surface area contributed by atoms with E-state index in [1.165, 1.54) is 18.2 Å². The van der Waals surface area contributed by atoms with E-state index in [-0.39, 0.29) is 24.1 Å². The van der Waals surface area contributed by atoms with Crippen LogP contribution in [0.3, 0.4) is 0 Å². The molecule has 2 unspecified atom stereocenters. The van der Waals surface area contributed by atoms with Crippen molar-refractivity contribution >= 4 is 23.0 Å². The topological polar surface area (TPSA) is 46.6 Å². The maximum Gasteiger partial charge on any atom is 0.317 e. The normalized spacial score (nSPS) is 18.7. The van der Waals surface area contributed by atoms with E-state index in [9.17, 15) is 14.0 Å². The molecule has 3 rings (SSSR count). The van der Waals surface area contributed by atoms with Crippen molar-refractivity contribution < 1.29 is 18.7 Å². The number of anilines is 1. The van der Waals surface area contributed by atoms with E-state index in [0.29, 0.717) is 6.42 Å². The highest BCUT2D eigenvalue weighted by Crippen LogP contribution is 2.40. The van der Waals surface area contributed by atoms with Crippen LogP contribution in [0.5, 0.6) is 0 Å². The van der Waals surface area contributed by atoms with Crippen LogP contribution in [0.4, 0.5) is 10.1 Å². The Hall–Kier alpha value is -2.95. The van der Waals surface area contributed by atoms with Gasteiger partial charge >= 0.3 is 5.97 Å². The molecule has 0 N–H and O–H groups in total. The lowest BCUT2D eigenvalue weighted by Gasteiger charge is -2.30. The molecule has 0 heterocycles. The molecule has 0 aromatic heterocycles. The van der Waals surface area contributed by atoms with Crippen LogP contribution in [0.2, 0.25) is 0 Å². The van der Waals surface area contributed by atoms with E-state index in [4.69, 9.17) is 4.74 Å². The second kappa shape index (κ2) is 9.70. The first-order valence-electron chi connectivity index (χ1n) is 10.5. The molecule has 1 aliphatic rings. The molecule has 2 aromatic rings. The van der Waals surface area contributed by atoms with E-state index < -0.39 is 11.9 Å². The van der Waals surface area contributed by atoms with Crippen LogP contribution in [0.1, 0.15) is 44.2 Å². The van der Waals surface area contributed by atoms with E-state index in [1.54, 1.807) is 19.1 Å². The van der Waals surface area contributed by atoms with E-state index >= 15 is 0 Å². The average molecular weight is 410 g/mol. The summed E-state index contributed by atoms with van der Waals surface area (Å²) >= 11 is 0. The third-order valence-corrected chi connectivity index (χ3v) is 5.67. The van der Waals surface area contributed by atoms with Crippen molar-refractivity contribution in [3.63, 3.8) is 0 Å². The number of nitrogens with zero attached hydrogens (tertiary/aromatic N) is 1. The van der Waals surface area contributed by atoms with Gasteiger partial charge in [-0.15, -0.1) is 0 Å². The average Bonchev–Trinajstić information content (AvgIpc) is 2.75. The molecule has 0 radical (unpaired) electrons. The minimum atomic E-state index is -0.867. The summed E-state index contributed by atoms with van der Waals surface area (Å²) in [5.74, 6) is -2.28. The Balaban J connectivity index is 1.97. The Morgan fingerprint density at radius 2 is 1.67 bits per heavy atom.